The van der Waals surface area contributed by atoms with Crippen molar-refractivity contribution < 1.29 is 4.79 Å². The number of benzene rings is 1. The monoisotopic (exact) mass is 414 g/mol. The summed E-state index contributed by atoms with van der Waals surface area (Å²) in [6.45, 7) is 9.02. The van der Waals surface area contributed by atoms with Gasteiger partial charge >= 0.3 is 0 Å². The van der Waals surface area contributed by atoms with Crippen molar-refractivity contribution in [1.82, 2.24) is 9.88 Å². The topological polar surface area (TPSA) is 48.8 Å². The quantitative estimate of drug-likeness (QED) is 0.399. The average molecular weight is 415 g/mol. The summed E-state index contributed by atoms with van der Waals surface area (Å²) in [6.07, 6.45) is 8.81. The first-order chi connectivity index (χ1) is 14.9. The van der Waals surface area contributed by atoms with Crippen molar-refractivity contribution in [2.45, 2.75) is 38.5 Å². The Morgan fingerprint density at radius 3 is 2.71 bits per heavy atom. The smallest absolute Gasteiger partial charge is 0.253 e. The van der Waals surface area contributed by atoms with E-state index in [0.717, 1.165) is 35.8 Å². The van der Waals surface area contributed by atoms with Crippen LogP contribution in [-0.2, 0) is 11.8 Å². The number of aromatic nitrogens is 1. The minimum absolute atomic E-state index is 0.0183. The first-order valence-corrected chi connectivity index (χ1v) is 10.8. The number of hydrogen-bond donors (Lipinski definition) is 0. The molecule has 1 saturated carbocycles. The third-order valence-electron chi connectivity index (χ3n) is 6.36. The first-order valence-electron chi connectivity index (χ1n) is 10.8. The number of carbonyl (C=O) groups is 1. The van der Waals surface area contributed by atoms with E-state index in [0.29, 0.717) is 5.56 Å². The van der Waals surface area contributed by atoms with E-state index in [-0.39, 0.29) is 11.3 Å². The minimum atomic E-state index is 0.0183. The number of aliphatic imine (C=N–C) groups is 1. The summed E-state index contributed by atoms with van der Waals surface area (Å²) < 4.78 is 0. The van der Waals surface area contributed by atoms with Crippen LogP contribution < -0.4 is 4.90 Å². The second-order valence-corrected chi connectivity index (χ2v) is 8.67. The Bertz CT molecular complexity index is 1090. The maximum absolute atomic E-state index is 12.5. The largest absolute Gasteiger partial charge is 0.345 e. The van der Waals surface area contributed by atoms with Crippen molar-refractivity contribution in [2.24, 2.45) is 4.99 Å². The molecule has 0 N–H and O–H groups in total. The van der Waals surface area contributed by atoms with Crippen LogP contribution in [0.25, 0.3) is 5.57 Å². The molecule has 5 heteroatoms. The lowest BCUT2D eigenvalue weighted by atomic mass is 9.97. The van der Waals surface area contributed by atoms with E-state index in [2.05, 4.69) is 35.5 Å². The standard InChI is InChI=1S/C26H30N4O/c1-6-19-10-13-27-23(14-19)20(7-2)16-28-18(3)30-17-26(11-12-26)22-9-8-21(15-24(22)30)25(31)29(4)5/h7-10,13-16H,2,6,11-12,17H2,1,3-5H3/b20-16+,28-18?. The Labute approximate surface area is 184 Å². The number of fused-ring (bicyclic) bond motifs is 2. The number of aryl methyl sites for hydroxylation is 1. The molecule has 0 unspecified atom stereocenters. The molecule has 0 saturated heterocycles. The van der Waals surface area contributed by atoms with Crippen LogP contribution in [0.4, 0.5) is 5.69 Å². The maximum Gasteiger partial charge on any atom is 0.253 e. The van der Waals surface area contributed by atoms with Crippen molar-refractivity contribution in [3.63, 3.8) is 0 Å². The molecule has 160 valence electrons. The van der Waals surface area contributed by atoms with Gasteiger partial charge < -0.3 is 9.80 Å². The fraction of sp³-hybridized carbons (Fsp3) is 0.346. The first kappa shape index (κ1) is 21.0. The van der Waals surface area contributed by atoms with E-state index in [9.17, 15) is 4.79 Å². The zero-order valence-corrected chi connectivity index (χ0v) is 18.9. The normalized spacial score (nSPS) is 17.0. The van der Waals surface area contributed by atoms with E-state index in [1.165, 1.54) is 24.0 Å². The van der Waals surface area contributed by atoms with Gasteiger partial charge in [-0.15, -0.1) is 0 Å². The molecule has 31 heavy (non-hydrogen) atoms. The van der Waals surface area contributed by atoms with Gasteiger partial charge in [0.1, 0.15) is 5.84 Å². The summed E-state index contributed by atoms with van der Waals surface area (Å²) in [5.41, 5.74) is 6.38. The van der Waals surface area contributed by atoms with Gasteiger partial charge in [0.05, 0.1) is 5.69 Å². The zero-order valence-electron chi connectivity index (χ0n) is 18.9. The van der Waals surface area contributed by atoms with Crippen molar-refractivity contribution in [2.75, 3.05) is 25.5 Å². The zero-order chi connectivity index (χ0) is 22.2. The van der Waals surface area contributed by atoms with Gasteiger partial charge in [-0.1, -0.05) is 25.6 Å². The lowest BCUT2D eigenvalue weighted by Gasteiger charge is -2.20. The molecule has 1 aromatic carbocycles. The molecule has 4 rings (SSSR count). The molecule has 5 nitrogen and oxygen atoms in total. The van der Waals surface area contributed by atoms with Gasteiger partial charge in [0.15, 0.2) is 0 Å². The van der Waals surface area contributed by atoms with Gasteiger partial charge in [0.2, 0.25) is 0 Å². The Hall–Kier alpha value is -3.21. The molecule has 0 radical (unpaired) electrons. The number of anilines is 1. The van der Waals surface area contributed by atoms with Gasteiger partial charge in [0.25, 0.3) is 5.91 Å². The number of rotatable bonds is 5. The molecule has 1 aliphatic carbocycles. The van der Waals surface area contributed by atoms with Gasteiger partial charge in [0, 0.05) is 55.3 Å². The summed E-state index contributed by atoms with van der Waals surface area (Å²) in [4.78, 5) is 25.6. The fourth-order valence-corrected chi connectivity index (χ4v) is 4.24. The highest BCUT2D eigenvalue weighted by Gasteiger charge is 2.52. The van der Waals surface area contributed by atoms with E-state index < -0.39 is 0 Å². The van der Waals surface area contributed by atoms with Crippen LogP contribution in [0.1, 0.15) is 53.9 Å². The summed E-state index contributed by atoms with van der Waals surface area (Å²) in [6, 6.07) is 10.2. The molecular weight excluding hydrogens is 384 g/mol. The van der Waals surface area contributed by atoms with E-state index in [1.54, 1.807) is 25.1 Å². The van der Waals surface area contributed by atoms with E-state index in [1.807, 2.05) is 37.5 Å². The fourth-order valence-electron chi connectivity index (χ4n) is 4.24. The van der Waals surface area contributed by atoms with Crippen LogP contribution in [-0.4, -0.2) is 42.3 Å². The van der Waals surface area contributed by atoms with Crippen molar-refractivity contribution in [1.29, 1.82) is 0 Å². The predicted octanol–water partition coefficient (Wildman–Crippen LogP) is 4.84. The number of carbonyl (C=O) groups excluding carboxylic acids is 1. The number of amidine groups is 1. The molecule has 1 aliphatic heterocycles. The van der Waals surface area contributed by atoms with Crippen molar-refractivity contribution in [3.8, 4) is 0 Å². The molecule has 1 aromatic heterocycles. The van der Waals surface area contributed by atoms with E-state index >= 15 is 0 Å². The van der Waals surface area contributed by atoms with E-state index in [4.69, 9.17) is 4.99 Å². The number of amides is 1. The highest BCUT2D eigenvalue weighted by Crippen LogP contribution is 2.56. The minimum Gasteiger partial charge on any atom is -0.345 e. The molecule has 2 aromatic rings. The highest BCUT2D eigenvalue weighted by molar-refractivity contribution is 6.02. The summed E-state index contributed by atoms with van der Waals surface area (Å²) >= 11 is 0. The van der Waals surface area contributed by atoms with Crippen LogP contribution in [0.15, 0.2) is 60.4 Å². The molecule has 1 spiro atoms. The average Bonchev–Trinajstić information content (AvgIpc) is 3.49. The number of allylic oxidation sites excluding steroid dienone is 2. The third kappa shape index (κ3) is 3.92. The molecular formula is C26H30N4O. The molecule has 0 atom stereocenters. The SMILES string of the molecule is C=C/C(=C\N=C(C)N1CC2(CC2)c2ccc(C(=O)N(C)C)cc21)c1cc(CC)ccn1. The highest BCUT2D eigenvalue weighted by atomic mass is 16.2. The van der Waals surface area contributed by atoms with Crippen molar-refractivity contribution >= 4 is 23.0 Å². The third-order valence-corrected chi connectivity index (χ3v) is 6.36. The molecule has 0 bridgehead atoms. The number of pyridine rings is 1. The Morgan fingerprint density at radius 2 is 2.06 bits per heavy atom. The van der Waals surface area contributed by atoms with Gasteiger partial charge in [-0.25, -0.2) is 4.99 Å². The van der Waals surface area contributed by atoms with Crippen LogP contribution in [0.2, 0.25) is 0 Å². The van der Waals surface area contributed by atoms with Crippen molar-refractivity contribution in [3.05, 3.63) is 77.8 Å². The molecule has 2 heterocycles. The summed E-state index contributed by atoms with van der Waals surface area (Å²) in [5.74, 6) is 0.926. The van der Waals surface area contributed by atoms with Crippen LogP contribution >= 0.6 is 0 Å². The molecule has 1 amide bonds. The number of nitrogens with zero attached hydrogens (tertiary/aromatic N) is 4. The van der Waals surface area contributed by atoms with Crippen LogP contribution in [0.5, 0.6) is 0 Å². The Kier molecular flexibility index (Phi) is 5.52. The lowest BCUT2D eigenvalue weighted by Crippen LogP contribution is -2.29. The second-order valence-electron chi connectivity index (χ2n) is 8.67. The Morgan fingerprint density at radius 1 is 1.29 bits per heavy atom. The Balaban J connectivity index is 1.67. The van der Waals surface area contributed by atoms with Crippen LogP contribution in [0, 0.1) is 0 Å². The van der Waals surface area contributed by atoms with Gasteiger partial charge in [-0.3, -0.25) is 9.78 Å². The predicted molar refractivity (Wildman–Crippen MR) is 128 cm³/mol. The van der Waals surface area contributed by atoms with Gasteiger partial charge in [-0.2, -0.15) is 0 Å². The number of hydrogen-bond acceptors (Lipinski definition) is 3. The van der Waals surface area contributed by atoms with Crippen LogP contribution in [0.3, 0.4) is 0 Å². The second kappa shape index (κ2) is 8.14. The maximum atomic E-state index is 12.5. The summed E-state index contributed by atoms with van der Waals surface area (Å²) in [7, 11) is 3.57. The summed E-state index contributed by atoms with van der Waals surface area (Å²) in [5, 5.41) is 0. The van der Waals surface area contributed by atoms with Gasteiger partial charge in [-0.05, 0) is 61.6 Å². The molecule has 1 fully saturated rings. The lowest BCUT2D eigenvalue weighted by molar-refractivity contribution is 0.0827. The molecule has 2 aliphatic rings.